The van der Waals surface area contributed by atoms with Crippen LogP contribution in [0.3, 0.4) is 0 Å². The van der Waals surface area contributed by atoms with Crippen molar-refractivity contribution in [3.8, 4) is 5.75 Å². The Bertz CT molecular complexity index is 1050. The van der Waals surface area contributed by atoms with Crippen molar-refractivity contribution in [3.05, 3.63) is 48.5 Å². The number of fused-ring (bicyclic) bond motifs is 1. The summed E-state index contributed by atoms with van der Waals surface area (Å²) in [5.41, 5.74) is -0.132. The lowest BCUT2D eigenvalue weighted by molar-refractivity contribution is 0.0541. The number of hydrogen-bond acceptors (Lipinski definition) is 5. The van der Waals surface area contributed by atoms with Crippen molar-refractivity contribution in [1.29, 1.82) is 0 Å². The van der Waals surface area contributed by atoms with E-state index in [1.54, 1.807) is 25.4 Å². The van der Waals surface area contributed by atoms with Crippen LogP contribution < -0.4 is 9.46 Å². The van der Waals surface area contributed by atoms with Crippen LogP contribution in [0.2, 0.25) is 0 Å². The molecule has 1 atom stereocenters. The Morgan fingerprint density at radius 1 is 1.26 bits per heavy atom. The molecule has 0 fully saturated rings. The van der Waals surface area contributed by atoms with E-state index in [4.69, 9.17) is 4.74 Å². The van der Waals surface area contributed by atoms with Crippen molar-refractivity contribution in [1.82, 2.24) is 19.5 Å². The second kappa shape index (κ2) is 7.57. The molecule has 2 aromatic heterocycles. The minimum Gasteiger partial charge on any atom is -0.491 e. The second-order valence-electron chi connectivity index (χ2n) is 6.00. The lowest BCUT2D eigenvalue weighted by Crippen LogP contribution is -2.37. The van der Waals surface area contributed by atoms with Gasteiger partial charge in [-0.3, -0.25) is 4.98 Å². The highest BCUT2D eigenvalue weighted by Gasteiger charge is 2.25. The molecule has 3 aromatic rings. The third kappa shape index (κ3) is 4.06. The fourth-order valence-corrected chi connectivity index (χ4v) is 4.06. The van der Waals surface area contributed by atoms with E-state index in [1.165, 1.54) is 6.92 Å². The second-order valence-corrected chi connectivity index (χ2v) is 7.69. The van der Waals surface area contributed by atoms with E-state index in [0.29, 0.717) is 10.4 Å². The number of halogens is 2. The van der Waals surface area contributed by atoms with Gasteiger partial charge in [0.1, 0.15) is 17.3 Å². The highest BCUT2D eigenvalue weighted by molar-refractivity contribution is 7.89. The molecular formula is C17H18F2N4O3S. The van der Waals surface area contributed by atoms with Crippen molar-refractivity contribution in [2.24, 2.45) is 0 Å². The molecule has 2 heterocycles. The zero-order valence-corrected chi connectivity index (χ0v) is 15.5. The molecule has 3 rings (SSSR count). The Balaban J connectivity index is 1.71. The zero-order chi connectivity index (χ0) is 19.6. The van der Waals surface area contributed by atoms with Gasteiger partial charge in [-0.2, -0.15) is 13.9 Å². The van der Waals surface area contributed by atoms with E-state index in [0.717, 1.165) is 17.0 Å². The van der Waals surface area contributed by atoms with Gasteiger partial charge in [0.05, 0.1) is 17.9 Å². The molecule has 0 radical (unpaired) electrons. The van der Waals surface area contributed by atoms with Gasteiger partial charge in [-0.25, -0.2) is 17.8 Å². The Labute approximate surface area is 155 Å². The molecule has 0 unspecified atom stereocenters. The van der Waals surface area contributed by atoms with Crippen LogP contribution >= 0.6 is 0 Å². The maximum Gasteiger partial charge on any atom is 0.333 e. The van der Waals surface area contributed by atoms with Crippen molar-refractivity contribution in [3.63, 3.8) is 0 Å². The number of sulfonamides is 1. The van der Waals surface area contributed by atoms with Gasteiger partial charge in [-0.15, -0.1) is 0 Å². The average Bonchev–Trinajstić information content (AvgIpc) is 3.02. The average molecular weight is 396 g/mol. The number of hydrogen-bond donors (Lipinski definition) is 1. The summed E-state index contributed by atoms with van der Waals surface area (Å²) >= 11 is 0. The zero-order valence-electron chi connectivity index (χ0n) is 14.6. The Morgan fingerprint density at radius 3 is 2.74 bits per heavy atom. The Kier molecular flexibility index (Phi) is 5.38. The fourth-order valence-electron chi connectivity index (χ4n) is 2.66. The molecule has 7 nitrogen and oxygen atoms in total. The van der Waals surface area contributed by atoms with Gasteiger partial charge in [0.15, 0.2) is 0 Å². The van der Waals surface area contributed by atoms with Gasteiger partial charge in [-0.1, -0.05) is 12.1 Å². The lowest BCUT2D eigenvalue weighted by atomic mass is 10.1. The third-order valence-corrected chi connectivity index (χ3v) is 5.65. The van der Waals surface area contributed by atoms with Gasteiger partial charge in [0, 0.05) is 23.2 Å². The molecule has 0 aliphatic heterocycles. The highest BCUT2D eigenvalue weighted by Crippen LogP contribution is 2.25. The summed E-state index contributed by atoms with van der Waals surface area (Å²) in [5.74, 6) is 0.600. The summed E-state index contributed by atoms with van der Waals surface area (Å²) in [6.07, 6.45) is 4.26. The first kappa shape index (κ1) is 19.2. The summed E-state index contributed by atoms with van der Waals surface area (Å²) in [6, 6.07) is 6.70. The van der Waals surface area contributed by atoms with Gasteiger partial charge >= 0.3 is 6.55 Å². The van der Waals surface area contributed by atoms with Crippen LogP contribution in [0.25, 0.3) is 10.8 Å². The maximum atomic E-state index is 12.8. The monoisotopic (exact) mass is 396 g/mol. The molecule has 144 valence electrons. The van der Waals surface area contributed by atoms with E-state index < -0.39 is 22.6 Å². The summed E-state index contributed by atoms with van der Waals surface area (Å²) in [6.45, 7) is 0.0503. The standard InChI is InChI=1S/C17H18F2N4O3S/c1-11(10-26-15-5-3-4-13-8-20-7-6-14(13)15)22-27(24,25)16-9-21-23(12(16)2)17(18)19/h3-9,11,17,22H,10H2,1-2H3/t11-/m0/s1. The number of nitrogens with one attached hydrogen (secondary N) is 1. The number of benzene rings is 1. The first-order valence-electron chi connectivity index (χ1n) is 8.09. The number of rotatable bonds is 7. The smallest absolute Gasteiger partial charge is 0.333 e. The lowest BCUT2D eigenvalue weighted by Gasteiger charge is -2.16. The summed E-state index contributed by atoms with van der Waals surface area (Å²) < 4.78 is 59.0. The van der Waals surface area contributed by atoms with Crippen molar-refractivity contribution in [2.45, 2.75) is 31.3 Å². The van der Waals surface area contributed by atoms with E-state index in [2.05, 4.69) is 14.8 Å². The van der Waals surface area contributed by atoms with Gasteiger partial charge in [-0.05, 0) is 26.0 Å². The summed E-state index contributed by atoms with van der Waals surface area (Å²) in [4.78, 5) is 3.76. The molecule has 0 aliphatic carbocycles. The number of aromatic nitrogens is 3. The number of ether oxygens (including phenoxy) is 1. The minimum absolute atomic E-state index is 0.0582. The van der Waals surface area contributed by atoms with Crippen LogP contribution in [0, 0.1) is 6.92 Å². The molecule has 0 saturated heterocycles. The number of pyridine rings is 1. The molecule has 0 amide bonds. The molecular weight excluding hydrogens is 378 g/mol. The Hall–Kier alpha value is -2.59. The van der Waals surface area contributed by atoms with Crippen LogP contribution in [0.1, 0.15) is 19.2 Å². The van der Waals surface area contributed by atoms with E-state index >= 15 is 0 Å². The quantitative estimate of drug-likeness (QED) is 0.664. The largest absolute Gasteiger partial charge is 0.491 e. The van der Waals surface area contributed by atoms with Crippen molar-refractivity contribution < 1.29 is 21.9 Å². The van der Waals surface area contributed by atoms with Crippen LogP contribution in [-0.4, -0.2) is 35.8 Å². The van der Waals surface area contributed by atoms with Crippen LogP contribution in [-0.2, 0) is 10.0 Å². The topological polar surface area (TPSA) is 86.1 Å². The number of alkyl halides is 2. The summed E-state index contributed by atoms with van der Waals surface area (Å²) in [7, 11) is -4.01. The van der Waals surface area contributed by atoms with Gasteiger partial charge < -0.3 is 4.74 Å². The van der Waals surface area contributed by atoms with E-state index in [9.17, 15) is 17.2 Å². The van der Waals surface area contributed by atoms with Crippen LogP contribution in [0.15, 0.2) is 47.8 Å². The minimum atomic E-state index is -4.01. The third-order valence-electron chi connectivity index (χ3n) is 3.96. The molecule has 27 heavy (non-hydrogen) atoms. The van der Waals surface area contributed by atoms with Gasteiger partial charge in [0.25, 0.3) is 0 Å². The highest BCUT2D eigenvalue weighted by atomic mass is 32.2. The molecule has 1 N–H and O–H groups in total. The van der Waals surface area contributed by atoms with E-state index in [1.807, 2.05) is 18.2 Å². The van der Waals surface area contributed by atoms with Crippen LogP contribution in [0.4, 0.5) is 8.78 Å². The van der Waals surface area contributed by atoms with E-state index in [-0.39, 0.29) is 17.2 Å². The Morgan fingerprint density at radius 2 is 2.04 bits per heavy atom. The molecule has 0 aliphatic rings. The normalized spacial score (nSPS) is 13.2. The molecule has 0 spiro atoms. The van der Waals surface area contributed by atoms with Crippen molar-refractivity contribution >= 4 is 20.8 Å². The molecule has 0 saturated carbocycles. The maximum absolute atomic E-state index is 12.8. The fraction of sp³-hybridized carbons (Fsp3) is 0.294. The molecule has 1 aromatic carbocycles. The van der Waals surface area contributed by atoms with Crippen molar-refractivity contribution in [2.75, 3.05) is 6.61 Å². The SMILES string of the molecule is Cc1c(S(=O)(=O)N[C@@H](C)COc2cccc3cnccc23)cnn1C(F)F. The first-order valence-corrected chi connectivity index (χ1v) is 9.58. The van der Waals surface area contributed by atoms with Gasteiger partial charge in [0.2, 0.25) is 10.0 Å². The van der Waals surface area contributed by atoms with Crippen LogP contribution in [0.5, 0.6) is 5.75 Å². The summed E-state index contributed by atoms with van der Waals surface area (Å²) in [5, 5.41) is 5.19. The first-order chi connectivity index (χ1) is 12.8. The predicted molar refractivity (Wildman–Crippen MR) is 95.2 cm³/mol. The molecule has 0 bridgehead atoms. The molecule has 10 heteroatoms. The predicted octanol–water partition coefficient (Wildman–Crippen LogP) is 2.88. The number of nitrogens with zero attached hydrogens (tertiary/aromatic N) is 3.